The maximum atomic E-state index is 11.9. The van der Waals surface area contributed by atoms with Gasteiger partial charge in [0.15, 0.2) is 0 Å². The zero-order valence-corrected chi connectivity index (χ0v) is 13.4. The van der Waals surface area contributed by atoms with Crippen LogP contribution in [0.5, 0.6) is 0 Å². The summed E-state index contributed by atoms with van der Waals surface area (Å²) < 4.78 is 0.916. The maximum Gasteiger partial charge on any atom is 0.269 e. The minimum absolute atomic E-state index is 0.0852. The fourth-order valence-corrected chi connectivity index (χ4v) is 3.98. The third-order valence-electron chi connectivity index (χ3n) is 4.75. The Morgan fingerprint density at radius 2 is 1.86 bits per heavy atom. The summed E-state index contributed by atoms with van der Waals surface area (Å²) in [5, 5.41) is 0. The number of rotatable bonds is 3. The van der Waals surface area contributed by atoms with E-state index in [-0.39, 0.29) is 11.8 Å². The molecule has 5 heteroatoms. The van der Waals surface area contributed by atoms with Gasteiger partial charge in [0.05, 0.1) is 0 Å². The summed E-state index contributed by atoms with van der Waals surface area (Å²) in [6, 6.07) is 7.01. The number of benzene rings is 1. The molecule has 2 N–H and O–H groups in total. The Kier molecular flexibility index (Phi) is 4.29. The number of amides is 2. The van der Waals surface area contributed by atoms with Crippen molar-refractivity contribution in [3.8, 4) is 0 Å². The molecule has 0 radical (unpaired) electrons. The Labute approximate surface area is 132 Å². The molecule has 0 aromatic heterocycles. The van der Waals surface area contributed by atoms with Crippen LogP contribution in [0.4, 0.5) is 0 Å². The molecule has 3 atom stereocenters. The van der Waals surface area contributed by atoms with Crippen molar-refractivity contribution in [2.45, 2.75) is 32.1 Å². The molecule has 0 saturated heterocycles. The van der Waals surface area contributed by atoms with Crippen molar-refractivity contribution >= 4 is 27.7 Å². The van der Waals surface area contributed by atoms with Crippen molar-refractivity contribution in [1.82, 2.24) is 10.9 Å². The van der Waals surface area contributed by atoms with Gasteiger partial charge in [-0.05, 0) is 61.3 Å². The van der Waals surface area contributed by atoms with Crippen LogP contribution in [-0.4, -0.2) is 11.8 Å². The lowest BCUT2D eigenvalue weighted by molar-refractivity contribution is -0.123. The SMILES string of the molecule is O=C(C[C@H]1C[C@@H]2CC[C@@H]1C2)NNC(=O)c1ccc(Br)cc1. The highest BCUT2D eigenvalue weighted by molar-refractivity contribution is 9.10. The molecule has 2 saturated carbocycles. The third kappa shape index (κ3) is 3.46. The number of hydrazine groups is 1. The molecule has 2 aliphatic carbocycles. The molecule has 4 nitrogen and oxygen atoms in total. The van der Waals surface area contributed by atoms with Gasteiger partial charge in [-0.1, -0.05) is 22.4 Å². The molecule has 2 bridgehead atoms. The number of hydrogen-bond donors (Lipinski definition) is 2. The van der Waals surface area contributed by atoms with Crippen molar-refractivity contribution in [2.24, 2.45) is 17.8 Å². The molecule has 0 spiro atoms. The predicted molar refractivity (Wildman–Crippen MR) is 83.3 cm³/mol. The van der Waals surface area contributed by atoms with Crippen LogP contribution in [-0.2, 0) is 4.79 Å². The van der Waals surface area contributed by atoms with Crippen LogP contribution < -0.4 is 10.9 Å². The number of carbonyl (C=O) groups excluding carboxylic acids is 2. The van der Waals surface area contributed by atoms with Gasteiger partial charge in [0.25, 0.3) is 5.91 Å². The van der Waals surface area contributed by atoms with E-state index >= 15 is 0 Å². The molecular weight excluding hydrogens is 332 g/mol. The Bertz CT molecular complexity index is 544. The van der Waals surface area contributed by atoms with Gasteiger partial charge >= 0.3 is 0 Å². The van der Waals surface area contributed by atoms with Gasteiger partial charge in [-0.2, -0.15) is 0 Å². The summed E-state index contributed by atoms with van der Waals surface area (Å²) in [6.07, 6.45) is 5.61. The average Bonchev–Trinajstić information content (AvgIpc) is 3.08. The number of carbonyl (C=O) groups is 2. The topological polar surface area (TPSA) is 58.2 Å². The van der Waals surface area contributed by atoms with Gasteiger partial charge in [-0.25, -0.2) is 0 Å². The Morgan fingerprint density at radius 3 is 2.48 bits per heavy atom. The summed E-state index contributed by atoms with van der Waals surface area (Å²) in [7, 11) is 0. The first-order chi connectivity index (χ1) is 10.1. The first-order valence-corrected chi connectivity index (χ1v) is 8.26. The van der Waals surface area contributed by atoms with E-state index in [2.05, 4.69) is 26.8 Å². The minimum Gasteiger partial charge on any atom is -0.273 e. The normalized spacial score (nSPS) is 26.6. The molecule has 1 aromatic rings. The van der Waals surface area contributed by atoms with Gasteiger partial charge in [-0.15, -0.1) is 0 Å². The van der Waals surface area contributed by atoms with Gasteiger partial charge in [0, 0.05) is 16.5 Å². The summed E-state index contributed by atoms with van der Waals surface area (Å²) >= 11 is 3.32. The number of hydrogen-bond acceptors (Lipinski definition) is 2. The molecule has 0 heterocycles. The lowest BCUT2D eigenvalue weighted by Crippen LogP contribution is -2.42. The Balaban J connectivity index is 1.45. The minimum atomic E-state index is -0.288. The number of fused-ring (bicyclic) bond motifs is 2. The Morgan fingerprint density at radius 1 is 1.10 bits per heavy atom. The van der Waals surface area contributed by atoms with E-state index in [9.17, 15) is 9.59 Å². The second kappa shape index (κ2) is 6.18. The third-order valence-corrected chi connectivity index (χ3v) is 5.28. The summed E-state index contributed by atoms with van der Waals surface area (Å²) in [5.41, 5.74) is 5.54. The molecule has 2 aliphatic rings. The lowest BCUT2D eigenvalue weighted by atomic mass is 9.86. The van der Waals surface area contributed by atoms with Crippen molar-refractivity contribution < 1.29 is 9.59 Å². The van der Waals surface area contributed by atoms with Crippen molar-refractivity contribution in [3.05, 3.63) is 34.3 Å². The van der Waals surface area contributed by atoms with Gasteiger partial charge < -0.3 is 0 Å². The van der Waals surface area contributed by atoms with E-state index in [4.69, 9.17) is 0 Å². The fourth-order valence-electron chi connectivity index (χ4n) is 3.72. The largest absolute Gasteiger partial charge is 0.273 e. The number of halogens is 1. The monoisotopic (exact) mass is 350 g/mol. The second-order valence-corrected chi connectivity index (χ2v) is 7.06. The Hall–Kier alpha value is -1.36. The van der Waals surface area contributed by atoms with Crippen LogP contribution in [0.1, 0.15) is 42.5 Å². The second-order valence-electron chi connectivity index (χ2n) is 6.15. The van der Waals surface area contributed by atoms with Crippen molar-refractivity contribution in [3.63, 3.8) is 0 Å². The van der Waals surface area contributed by atoms with E-state index < -0.39 is 0 Å². The molecule has 2 amide bonds. The molecule has 1 aromatic carbocycles. The average molecular weight is 351 g/mol. The van der Waals surface area contributed by atoms with Crippen LogP contribution in [0.2, 0.25) is 0 Å². The zero-order chi connectivity index (χ0) is 14.8. The summed E-state index contributed by atoms with van der Waals surface area (Å²) in [6.45, 7) is 0. The van der Waals surface area contributed by atoms with Crippen LogP contribution in [0.15, 0.2) is 28.7 Å². The first kappa shape index (κ1) is 14.6. The predicted octanol–water partition coefficient (Wildman–Crippen LogP) is 3.04. The summed E-state index contributed by atoms with van der Waals surface area (Å²) in [4.78, 5) is 23.8. The molecule has 0 aliphatic heterocycles. The zero-order valence-electron chi connectivity index (χ0n) is 11.8. The molecule has 21 heavy (non-hydrogen) atoms. The first-order valence-electron chi connectivity index (χ1n) is 7.46. The van der Waals surface area contributed by atoms with Crippen molar-refractivity contribution in [2.75, 3.05) is 0 Å². The lowest BCUT2D eigenvalue weighted by Gasteiger charge is -2.20. The number of nitrogens with one attached hydrogen (secondary N) is 2. The van der Waals surface area contributed by atoms with E-state index in [1.807, 2.05) is 0 Å². The highest BCUT2D eigenvalue weighted by atomic mass is 79.9. The van der Waals surface area contributed by atoms with Gasteiger partial charge in [0.1, 0.15) is 0 Å². The standard InChI is InChI=1S/C16H19BrN2O2/c17-14-5-3-11(4-6-14)16(21)19-18-15(20)9-13-8-10-1-2-12(13)7-10/h3-6,10,12-13H,1-2,7-9H2,(H,18,20)(H,19,21)/t10-,12-,13-/m1/s1. The smallest absolute Gasteiger partial charge is 0.269 e. The maximum absolute atomic E-state index is 11.9. The van der Waals surface area contributed by atoms with E-state index in [1.54, 1.807) is 24.3 Å². The van der Waals surface area contributed by atoms with Crippen LogP contribution in [0.25, 0.3) is 0 Å². The molecule has 3 rings (SSSR count). The van der Waals surface area contributed by atoms with Crippen LogP contribution >= 0.6 is 15.9 Å². The van der Waals surface area contributed by atoms with Crippen LogP contribution in [0.3, 0.4) is 0 Å². The summed E-state index contributed by atoms with van der Waals surface area (Å²) in [5.74, 6) is 1.70. The van der Waals surface area contributed by atoms with E-state index in [0.717, 1.165) is 16.3 Å². The highest BCUT2D eigenvalue weighted by Crippen LogP contribution is 2.49. The van der Waals surface area contributed by atoms with E-state index in [1.165, 1.54) is 25.7 Å². The van der Waals surface area contributed by atoms with Crippen LogP contribution in [0, 0.1) is 17.8 Å². The quantitative estimate of drug-likeness (QED) is 0.823. The molecule has 2 fully saturated rings. The molecule has 112 valence electrons. The fraction of sp³-hybridized carbons (Fsp3) is 0.500. The van der Waals surface area contributed by atoms with Gasteiger partial charge in [0.2, 0.25) is 5.91 Å². The van der Waals surface area contributed by atoms with Gasteiger partial charge in [-0.3, -0.25) is 20.4 Å². The van der Waals surface area contributed by atoms with Crippen molar-refractivity contribution in [1.29, 1.82) is 0 Å². The molecular formula is C16H19BrN2O2. The highest BCUT2D eigenvalue weighted by Gasteiger charge is 2.40. The van der Waals surface area contributed by atoms with E-state index in [0.29, 0.717) is 17.9 Å². The molecule has 0 unspecified atom stereocenters.